The summed E-state index contributed by atoms with van der Waals surface area (Å²) in [4.78, 5) is 27.5. The van der Waals surface area contributed by atoms with Crippen LogP contribution in [-0.4, -0.2) is 23.9 Å². The van der Waals surface area contributed by atoms with Gasteiger partial charge >= 0.3 is 0 Å². The van der Waals surface area contributed by atoms with Crippen molar-refractivity contribution in [1.82, 2.24) is 0 Å². The number of methoxy groups -OCH3 is 1. The fraction of sp³-hybridized carbons (Fsp3) is 0.154. The molecule has 1 amide bonds. The van der Waals surface area contributed by atoms with Gasteiger partial charge in [0.05, 0.1) is 24.3 Å². The summed E-state index contributed by atoms with van der Waals surface area (Å²) in [6.45, 7) is 3.70. The first-order valence-electron chi connectivity index (χ1n) is 10.1. The zero-order valence-electron chi connectivity index (χ0n) is 17.9. The number of anilines is 1. The highest BCUT2D eigenvalue weighted by Gasteiger charge is 2.47. The first kappa shape index (κ1) is 21.3. The molecule has 1 aliphatic rings. The molecule has 4 rings (SSSR count). The number of ketones is 1. The van der Waals surface area contributed by atoms with E-state index in [1.165, 1.54) is 30.2 Å². The predicted molar refractivity (Wildman–Crippen MR) is 120 cm³/mol. The molecule has 0 aromatic heterocycles. The van der Waals surface area contributed by atoms with Gasteiger partial charge in [0.15, 0.2) is 0 Å². The van der Waals surface area contributed by atoms with Crippen LogP contribution in [0.15, 0.2) is 72.3 Å². The quantitative estimate of drug-likeness (QED) is 0.356. The number of halogens is 1. The van der Waals surface area contributed by atoms with Gasteiger partial charge in [-0.2, -0.15) is 0 Å². The van der Waals surface area contributed by atoms with Gasteiger partial charge in [-0.1, -0.05) is 42.5 Å². The minimum Gasteiger partial charge on any atom is -0.507 e. The van der Waals surface area contributed by atoms with Crippen LogP contribution in [0, 0.1) is 19.7 Å². The molecule has 3 aromatic rings. The average Bonchev–Trinajstić information content (AvgIpc) is 3.04. The third kappa shape index (κ3) is 3.54. The van der Waals surface area contributed by atoms with Gasteiger partial charge in [0.1, 0.15) is 17.3 Å². The number of aliphatic hydroxyl groups excluding tert-OH is 1. The molecule has 5 nitrogen and oxygen atoms in total. The van der Waals surface area contributed by atoms with Gasteiger partial charge in [-0.25, -0.2) is 4.39 Å². The molecule has 1 N–H and O–H groups in total. The molecular weight excluding hydrogens is 409 g/mol. The number of hydrogen-bond donors (Lipinski definition) is 1. The largest absolute Gasteiger partial charge is 0.507 e. The second kappa shape index (κ2) is 8.30. The van der Waals surface area contributed by atoms with E-state index in [4.69, 9.17) is 4.74 Å². The highest BCUT2D eigenvalue weighted by molar-refractivity contribution is 6.51. The first-order chi connectivity index (χ1) is 15.3. The van der Waals surface area contributed by atoms with E-state index in [1.807, 2.05) is 26.0 Å². The summed E-state index contributed by atoms with van der Waals surface area (Å²) in [5.74, 6) is -2.14. The van der Waals surface area contributed by atoms with E-state index >= 15 is 0 Å². The van der Waals surface area contributed by atoms with Crippen molar-refractivity contribution in [1.29, 1.82) is 0 Å². The van der Waals surface area contributed by atoms with Crippen molar-refractivity contribution in [2.24, 2.45) is 0 Å². The number of carbonyl (C=O) groups is 2. The van der Waals surface area contributed by atoms with Crippen LogP contribution >= 0.6 is 0 Å². The maximum absolute atomic E-state index is 14.0. The van der Waals surface area contributed by atoms with Gasteiger partial charge < -0.3 is 9.84 Å². The van der Waals surface area contributed by atoms with Crippen LogP contribution in [0.4, 0.5) is 10.1 Å². The van der Waals surface area contributed by atoms with Crippen molar-refractivity contribution >= 4 is 23.1 Å². The Morgan fingerprint density at radius 2 is 1.72 bits per heavy atom. The van der Waals surface area contributed by atoms with E-state index in [2.05, 4.69) is 0 Å². The molecule has 0 spiro atoms. The van der Waals surface area contributed by atoms with Crippen molar-refractivity contribution in [3.05, 3.63) is 100 Å². The smallest absolute Gasteiger partial charge is 0.300 e. The van der Waals surface area contributed by atoms with Gasteiger partial charge in [-0.15, -0.1) is 0 Å². The summed E-state index contributed by atoms with van der Waals surface area (Å²) in [7, 11) is 1.48. The first-order valence-corrected chi connectivity index (χ1v) is 10.1. The van der Waals surface area contributed by atoms with Crippen LogP contribution in [0.3, 0.4) is 0 Å². The fourth-order valence-electron chi connectivity index (χ4n) is 4.22. The number of aryl methyl sites for hydroxylation is 2. The summed E-state index contributed by atoms with van der Waals surface area (Å²) in [5, 5.41) is 11.3. The SMILES string of the molecule is COc1c(C)cc(C)cc1/C(O)=C1\C(=O)C(=O)N(c2cccc(F)c2)C1c1ccccc1. The molecule has 0 aliphatic carbocycles. The summed E-state index contributed by atoms with van der Waals surface area (Å²) in [5.41, 5.74) is 2.73. The lowest BCUT2D eigenvalue weighted by molar-refractivity contribution is -0.132. The number of rotatable bonds is 4. The normalized spacial score (nSPS) is 17.6. The van der Waals surface area contributed by atoms with Crippen LogP contribution < -0.4 is 9.64 Å². The topological polar surface area (TPSA) is 66.8 Å². The van der Waals surface area contributed by atoms with Crippen LogP contribution in [0.25, 0.3) is 5.76 Å². The minimum atomic E-state index is -0.927. The maximum Gasteiger partial charge on any atom is 0.300 e. The lowest BCUT2D eigenvalue weighted by Crippen LogP contribution is -2.29. The van der Waals surface area contributed by atoms with Crippen molar-refractivity contribution < 1.29 is 23.8 Å². The molecule has 1 unspecified atom stereocenters. The van der Waals surface area contributed by atoms with Crippen LogP contribution in [0.2, 0.25) is 0 Å². The van der Waals surface area contributed by atoms with Gasteiger partial charge in [0.25, 0.3) is 11.7 Å². The molecule has 1 fully saturated rings. The highest BCUT2D eigenvalue weighted by Crippen LogP contribution is 2.43. The molecule has 1 heterocycles. The number of nitrogens with zero attached hydrogens (tertiary/aromatic N) is 1. The van der Waals surface area contributed by atoms with Crippen LogP contribution in [0.1, 0.15) is 28.3 Å². The summed E-state index contributed by atoms with van der Waals surface area (Å²) < 4.78 is 19.5. The molecule has 3 aromatic carbocycles. The standard InChI is InChI=1S/C26H22FNO4/c1-15-12-16(2)25(32-3)20(13-15)23(29)21-22(17-8-5-4-6-9-17)28(26(31)24(21)30)19-11-7-10-18(27)14-19/h4-14,22,29H,1-3H3/b23-21+. The predicted octanol–water partition coefficient (Wildman–Crippen LogP) is 5.08. The van der Waals surface area contributed by atoms with Crippen LogP contribution in [-0.2, 0) is 9.59 Å². The Balaban J connectivity index is 2.01. The Morgan fingerprint density at radius 1 is 1.00 bits per heavy atom. The van der Waals surface area contributed by atoms with E-state index in [1.54, 1.807) is 36.4 Å². The van der Waals surface area contributed by atoms with Crippen molar-refractivity contribution in [2.75, 3.05) is 12.0 Å². The molecule has 0 saturated carbocycles. The zero-order chi connectivity index (χ0) is 23.0. The number of Topliss-reactive ketones (excluding diaryl/α,β-unsaturated/α-hetero) is 1. The number of amides is 1. The maximum atomic E-state index is 14.0. The van der Waals surface area contributed by atoms with Crippen LogP contribution in [0.5, 0.6) is 5.75 Å². The Kier molecular flexibility index (Phi) is 5.53. The van der Waals surface area contributed by atoms with E-state index in [-0.39, 0.29) is 17.0 Å². The number of hydrogen-bond acceptors (Lipinski definition) is 4. The molecule has 6 heteroatoms. The van der Waals surface area contributed by atoms with E-state index < -0.39 is 23.5 Å². The number of aliphatic hydroxyl groups is 1. The lowest BCUT2D eigenvalue weighted by atomic mass is 9.93. The molecule has 1 atom stereocenters. The Bertz CT molecular complexity index is 1250. The van der Waals surface area contributed by atoms with Gasteiger partial charge in [0, 0.05) is 5.69 Å². The molecule has 0 bridgehead atoms. The summed E-state index contributed by atoms with van der Waals surface area (Å²) in [6, 6.07) is 17.0. The summed E-state index contributed by atoms with van der Waals surface area (Å²) >= 11 is 0. The molecular formula is C26H22FNO4. The molecule has 1 saturated heterocycles. The Morgan fingerprint density at radius 3 is 2.38 bits per heavy atom. The lowest BCUT2D eigenvalue weighted by Gasteiger charge is -2.25. The number of benzene rings is 3. The fourth-order valence-corrected chi connectivity index (χ4v) is 4.22. The minimum absolute atomic E-state index is 0.0752. The second-order valence-electron chi connectivity index (χ2n) is 7.72. The number of ether oxygens (including phenoxy) is 1. The summed E-state index contributed by atoms with van der Waals surface area (Å²) in [6.07, 6.45) is 0. The average molecular weight is 431 g/mol. The molecule has 162 valence electrons. The molecule has 1 aliphatic heterocycles. The third-order valence-corrected chi connectivity index (χ3v) is 5.52. The molecule has 32 heavy (non-hydrogen) atoms. The van der Waals surface area contributed by atoms with Crippen molar-refractivity contribution in [3.8, 4) is 5.75 Å². The van der Waals surface area contributed by atoms with E-state index in [0.717, 1.165) is 11.1 Å². The van der Waals surface area contributed by atoms with Gasteiger partial charge in [-0.3, -0.25) is 14.5 Å². The Hall–Kier alpha value is -3.93. The van der Waals surface area contributed by atoms with Gasteiger partial charge in [0.2, 0.25) is 0 Å². The zero-order valence-corrected chi connectivity index (χ0v) is 17.9. The molecule has 0 radical (unpaired) electrons. The van der Waals surface area contributed by atoms with Crippen molar-refractivity contribution in [3.63, 3.8) is 0 Å². The number of carbonyl (C=O) groups excluding carboxylic acids is 2. The van der Waals surface area contributed by atoms with E-state index in [0.29, 0.717) is 16.9 Å². The van der Waals surface area contributed by atoms with Crippen molar-refractivity contribution in [2.45, 2.75) is 19.9 Å². The Labute approximate surface area is 185 Å². The van der Waals surface area contributed by atoms with Gasteiger partial charge in [-0.05, 0) is 54.8 Å². The monoisotopic (exact) mass is 431 g/mol. The highest BCUT2D eigenvalue weighted by atomic mass is 19.1. The third-order valence-electron chi connectivity index (χ3n) is 5.52. The van der Waals surface area contributed by atoms with E-state index in [9.17, 15) is 19.1 Å². The second-order valence-corrected chi connectivity index (χ2v) is 7.72.